The van der Waals surface area contributed by atoms with Crippen LogP contribution in [0.2, 0.25) is 5.02 Å². The molecule has 2 aliphatic heterocycles. The average molecular weight is 352 g/mol. The summed E-state index contributed by atoms with van der Waals surface area (Å²) in [5, 5.41) is 9.80. The predicted octanol–water partition coefficient (Wildman–Crippen LogP) is 4.09. The molecule has 2 aromatic rings. The monoisotopic (exact) mass is 351 g/mol. The first-order chi connectivity index (χ1) is 12.2. The summed E-state index contributed by atoms with van der Waals surface area (Å²) in [6, 6.07) is 6.20. The molecule has 1 saturated carbocycles. The van der Waals surface area contributed by atoms with E-state index in [-0.39, 0.29) is 0 Å². The van der Waals surface area contributed by atoms with Crippen molar-refractivity contribution in [3.63, 3.8) is 0 Å². The quantitative estimate of drug-likeness (QED) is 0.835. The van der Waals surface area contributed by atoms with E-state index in [0.29, 0.717) is 5.92 Å². The van der Waals surface area contributed by atoms with Gasteiger partial charge < -0.3 is 0 Å². The lowest BCUT2D eigenvalue weighted by molar-refractivity contribution is 0.462. The molecule has 3 heterocycles. The van der Waals surface area contributed by atoms with Gasteiger partial charge in [0.05, 0.1) is 12.7 Å². The maximum absolute atomic E-state index is 6.32. The van der Waals surface area contributed by atoms with Gasteiger partial charge in [-0.3, -0.25) is 9.69 Å². The van der Waals surface area contributed by atoms with Crippen LogP contribution in [-0.2, 0) is 7.05 Å². The number of benzene rings is 1. The lowest BCUT2D eigenvalue weighted by Gasteiger charge is -2.30. The SMILES string of the molecule is Cn1cc(N2CC=C3N=CC=CN32)c(-c2cc(Cl)ccc2C2CC2)n1. The van der Waals surface area contributed by atoms with Gasteiger partial charge >= 0.3 is 0 Å². The van der Waals surface area contributed by atoms with Crippen molar-refractivity contribution in [2.75, 3.05) is 11.6 Å². The second kappa shape index (κ2) is 5.49. The third kappa shape index (κ3) is 2.46. The van der Waals surface area contributed by atoms with Gasteiger partial charge in [0.25, 0.3) is 0 Å². The van der Waals surface area contributed by atoms with Gasteiger partial charge in [-0.05, 0) is 48.6 Å². The number of anilines is 1. The summed E-state index contributed by atoms with van der Waals surface area (Å²) in [6.45, 7) is 0.773. The Kier molecular flexibility index (Phi) is 3.25. The summed E-state index contributed by atoms with van der Waals surface area (Å²) >= 11 is 6.32. The molecule has 126 valence electrons. The van der Waals surface area contributed by atoms with Crippen LogP contribution in [0.3, 0.4) is 0 Å². The minimum absolute atomic E-state index is 0.633. The average Bonchev–Trinajstić information content (AvgIpc) is 3.25. The number of hydrogen-bond donors (Lipinski definition) is 0. The molecule has 0 saturated heterocycles. The molecule has 0 bridgehead atoms. The minimum atomic E-state index is 0.633. The van der Waals surface area contributed by atoms with E-state index in [4.69, 9.17) is 16.7 Å². The molecule has 5 rings (SSSR count). The zero-order chi connectivity index (χ0) is 17.0. The van der Waals surface area contributed by atoms with Crippen LogP contribution in [0.4, 0.5) is 5.69 Å². The lowest BCUT2D eigenvalue weighted by atomic mass is 10.00. The molecule has 1 fully saturated rings. The Morgan fingerprint density at radius 3 is 2.96 bits per heavy atom. The zero-order valence-electron chi connectivity index (χ0n) is 13.9. The van der Waals surface area contributed by atoms with Gasteiger partial charge in [0, 0.05) is 30.0 Å². The van der Waals surface area contributed by atoms with E-state index in [1.54, 1.807) is 0 Å². The first kappa shape index (κ1) is 14.8. The highest BCUT2D eigenvalue weighted by molar-refractivity contribution is 6.30. The van der Waals surface area contributed by atoms with Gasteiger partial charge in [0.15, 0.2) is 0 Å². The molecule has 0 N–H and O–H groups in total. The topological polar surface area (TPSA) is 36.7 Å². The van der Waals surface area contributed by atoms with Crippen LogP contribution in [0.25, 0.3) is 11.3 Å². The van der Waals surface area contributed by atoms with Gasteiger partial charge in [0.2, 0.25) is 0 Å². The van der Waals surface area contributed by atoms with Crippen LogP contribution < -0.4 is 5.01 Å². The number of aromatic nitrogens is 2. The van der Waals surface area contributed by atoms with E-state index in [9.17, 15) is 0 Å². The Bertz CT molecular complexity index is 935. The molecule has 0 radical (unpaired) electrons. The van der Waals surface area contributed by atoms with Crippen molar-refractivity contribution in [1.82, 2.24) is 14.8 Å². The molecule has 0 atom stereocenters. The highest BCUT2D eigenvalue weighted by Crippen LogP contribution is 2.46. The summed E-state index contributed by atoms with van der Waals surface area (Å²) in [4.78, 5) is 4.43. The normalized spacial score (nSPS) is 18.7. The zero-order valence-corrected chi connectivity index (χ0v) is 14.7. The maximum Gasteiger partial charge on any atom is 0.149 e. The standard InChI is InChI=1S/C19H18ClN5/c1-23-12-17(24-10-7-18-21-8-2-9-25(18)24)19(22-23)16-11-14(20)5-6-15(16)13-3-4-13/h2,5-9,11-13H,3-4,10H2,1H3. The molecule has 0 amide bonds. The maximum atomic E-state index is 6.32. The third-order valence-electron chi connectivity index (χ3n) is 4.84. The van der Waals surface area contributed by atoms with Crippen LogP contribution in [0.15, 0.2) is 53.6 Å². The molecule has 3 aliphatic rings. The highest BCUT2D eigenvalue weighted by Gasteiger charge is 2.31. The van der Waals surface area contributed by atoms with Crippen molar-refractivity contribution in [3.8, 4) is 11.3 Å². The summed E-state index contributed by atoms with van der Waals surface area (Å²) in [6.07, 6.45) is 12.5. The highest BCUT2D eigenvalue weighted by atomic mass is 35.5. The van der Waals surface area contributed by atoms with Crippen molar-refractivity contribution in [1.29, 1.82) is 0 Å². The fourth-order valence-corrected chi connectivity index (χ4v) is 3.71. The summed E-state index contributed by atoms with van der Waals surface area (Å²) < 4.78 is 1.87. The molecule has 0 unspecified atom stereocenters. The second-order valence-corrected chi connectivity index (χ2v) is 7.09. The number of rotatable bonds is 3. The molecule has 6 heteroatoms. The summed E-state index contributed by atoms with van der Waals surface area (Å²) in [5.41, 5.74) is 4.54. The van der Waals surface area contributed by atoms with E-state index in [2.05, 4.69) is 39.4 Å². The van der Waals surface area contributed by atoms with Crippen molar-refractivity contribution in [2.45, 2.75) is 18.8 Å². The summed E-state index contributed by atoms with van der Waals surface area (Å²) in [5.74, 6) is 1.58. The Labute approximate surface area is 151 Å². The van der Waals surface area contributed by atoms with Gasteiger partial charge in [-0.15, -0.1) is 0 Å². The summed E-state index contributed by atoms with van der Waals surface area (Å²) in [7, 11) is 1.96. The first-order valence-corrected chi connectivity index (χ1v) is 8.89. The van der Waals surface area contributed by atoms with Crippen LogP contribution in [0, 0.1) is 0 Å². The van der Waals surface area contributed by atoms with Crippen molar-refractivity contribution >= 4 is 23.5 Å². The Balaban J connectivity index is 1.62. The number of nitrogens with zero attached hydrogens (tertiary/aromatic N) is 5. The predicted molar refractivity (Wildman–Crippen MR) is 101 cm³/mol. The molecular weight excluding hydrogens is 334 g/mol. The largest absolute Gasteiger partial charge is 0.273 e. The first-order valence-electron chi connectivity index (χ1n) is 8.52. The fraction of sp³-hybridized carbons (Fsp3) is 0.263. The number of fused-ring (bicyclic) bond motifs is 1. The van der Waals surface area contributed by atoms with Gasteiger partial charge in [-0.1, -0.05) is 17.7 Å². The minimum Gasteiger partial charge on any atom is -0.273 e. The lowest BCUT2D eigenvalue weighted by Crippen LogP contribution is -2.34. The number of hydrazine groups is 1. The Hall–Kier alpha value is -2.53. The number of allylic oxidation sites excluding steroid dienone is 1. The molecule has 5 nitrogen and oxygen atoms in total. The number of hydrogen-bond acceptors (Lipinski definition) is 4. The molecular formula is C19H18ClN5. The molecule has 1 aliphatic carbocycles. The van der Waals surface area contributed by atoms with E-state index < -0.39 is 0 Å². The van der Waals surface area contributed by atoms with Gasteiger partial charge in [-0.2, -0.15) is 5.10 Å². The van der Waals surface area contributed by atoms with Crippen molar-refractivity contribution in [3.05, 3.63) is 59.2 Å². The number of aryl methyl sites for hydroxylation is 1. The van der Waals surface area contributed by atoms with Crippen molar-refractivity contribution in [2.24, 2.45) is 12.0 Å². The molecule has 25 heavy (non-hydrogen) atoms. The molecule has 0 spiro atoms. The second-order valence-electron chi connectivity index (χ2n) is 6.65. The number of halogens is 1. The van der Waals surface area contributed by atoms with Crippen LogP contribution in [0.1, 0.15) is 24.3 Å². The van der Waals surface area contributed by atoms with E-state index in [1.807, 2.05) is 36.3 Å². The Morgan fingerprint density at radius 1 is 1.24 bits per heavy atom. The third-order valence-corrected chi connectivity index (χ3v) is 5.07. The van der Waals surface area contributed by atoms with Crippen LogP contribution >= 0.6 is 11.6 Å². The van der Waals surface area contributed by atoms with Crippen molar-refractivity contribution < 1.29 is 0 Å². The van der Waals surface area contributed by atoms with Gasteiger partial charge in [-0.25, -0.2) is 10.0 Å². The van der Waals surface area contributed by atoms with E-state index >= 15 is 0 Å². The molecule has 1 aromatic carbocycles. The van der Waals surface area contributed by atoms with E-state index in [0.717, 1.165) is 34.3 Å². The Morgan fingerprint density at radius 2 is 2.12 bits per heavy atom. The smallest absolute Gasteiger partial charge is 0.149 e. The number of aliphatic imine (C=N–C) groups is 1. The van der Waals surface area contributed by atoms with Crippen LogP contribution in [0.5, 0.6) is 0 Å². The fourth-order valence-electron chi connectivity index (χ4n) is 3.54. The van der Waals surface area contributed by atoms with Gasteiger partial charge in [0.1, 0.15) is 17.2 Å². The molecule has 1 aromatic heterocycles. The van der Waals surface area contributed by atoms with Crippen LogP contribution in [-0.4, -0.2) is 27.5 Å². The van der Waals surface area contributed by atoms with E-state index in [1.165, 1.54) is 18.4 Å².